The first-order valence-electron chi connectivity index (χ1n) is 12.3. The monoisotopic (exact) mass is 674 g/mol. The third-order valence-electron chi connectivity index (χ3n) is 5.81. The lowest BCUT2D eigenvalue weighted by molar-refractivity contribution is -0.153. The molecule has 0 amide bonds. The van der Waals surface area contributed by atoms with Crippen LogP contribution in [0.3, 0.4) is 0 Å². The van der Waals surface area contributed by atoms with E-state index in [0.717, 1.165) is 5.56 Å². The smallest absolute Gasteiger partial charge is 0.331 e. The second-order valence-corrected chi connectivity index (χ2v) is 9.37. The largest absolute Gasteiger partial charge is 0.493 e. The molecule has 0 saturated carbocycles. The molecule has 9 nitrogen and oxygen atoms in total. The molecule has 0 aromatic heterocycles. The highest BCUT2D eigenvalue weighted by atomic mass is 127. The van der Waals surface area contributed by atoms with Crippen molar-refractivity contribution in [3.05, 3.63) is 87.0 Å². The predicted molar refractivity (Wildman–Crippen MR) is 163 cm³/mol. The van der Waals surface area contributed by atoms with Crippen molar-refractivity contribution in [1.29, 1.82) is 0 Å². The molecule has 3 aromatic carbocycles. The fourth-order valence-corrected chi connectivity index (χ4v) is 4.76. The Kier molecular flexibility index (Phi) is 11.9. The second kappa shape index (κ2) is 15.6. The molecule has 0 spiro atoms. The van der Waals surface area contributed by atoms with Gasteiger partial charge in [-0.25, -0.2) is 9.59 Å². The summed E-state index contributed by atoms with van der Waals surface area (Å²) in [6.07, 6.45) is 4.82. The molecule has 0 heterocycles. The van der Waals surface area contributed by atoms with Crippen molar-refractivity contribution < 1.29 is 42.7 Å². The van der Waals surface area contributed by atoms with Gasteiger partial charge in [-0.2, -0.15) is 0 Å². The summed E-state index contributed by atoms with van der Waals surface area (Å²) in [5.74, 6) is 0.965. The molecule has 0 aliphatic rings. The first-order chi connectivity index (χ1) is 19.8. The van der Waals surface area contributed by atoms with E-state index in [4.69, 9.17) is 33.2 Å². The third-order valence-corrected chi connectivity index (χ3v) is 6.92. The van der Waals surface area contributed by atoms with Crippen molar-refractivity contribution in [1.82, 2.24) is 0 Å². The quantitative estimate of drug-likeness (QED) is 0.125. The molecule has 0 aliphatic carbocycles. The number of hydrogen-bond acceptors (Lipinski definition) is 9. The van der Waals surface area contributed by atoms with Crippen LogP contribution in [0.1, 0.15) is 22.8 Å². The first-order valence-corrected chi connectivity index (χ1v) is 13.4. The van der Waals surface area contributed by atoms with Gasteiger partial charge in [0.05, 0.1) is 39.1 Å². The van der Waals surface area contributed by atoms with Crippen LogP contribution in [0, 0.1) is 3.57 Å². The molecule has 0 saturated heterocycles. The van der Waals surface area contributed by atoms with Gasteiger partial charge < -0.3 is 33.2 Å². The number of ether oxygens (including phenoxy) is 7. The molecule has 216 valence electrons. The highest BCUT2D eigenvalue weighted by Gasteiger charge is 2.27. The number of hydrogen-bond donors (Lipinski definition) is 0. The number of benzene rings is 3. The van der Waals surface area contributed by atoms with Crippen LogP contribution in [0.2, 0.25) is 0 Å². The van der Waals surface area contributed by atoms with Crippen molar-refractivity contribution >= 4 is 46.7 Å². The Labute approximate surface area is 252 Å². The first kappa shape index (κ1) is 31.3. The topological polar surface area (TPSA) is 98.8 Å². The third kappa shape index (κ3) is 8.40. The van der Waals surface area contributed by atoms with Gasteiger partial charge >= 0.3 is 11.9 Å². The zero-order valence-corrected chi connectivity index (χ0v) is 25.5. The standard InChI is InChI=1S/C31H31IO9/c1-35-23-14-11-21(17-24(23)36-2)13-15-27(33)40-19-26(41-28(34)16-12-20-9-7-6-8-10-20)22-18-25(37-3)30(38-4)31(39-5)29(22)32/h6-18,26H,19H2,1-5H3/b15-13+,16-12+. The van der Waals surface area contributed by atoms with Gasteiger partial charge in [0.1, 0.15) is 6.61 Å². The van der Waals surface area contributed by atoms with E-state index in [1.54, 1.807) is 43.5 Å². The van der Waals surface area contributed by atoms with Gasteiger partial charge in [-0.05, 0) is 64.1 Å². The van der Waals surface area contributed by atoms with E-state index >= 15 is 0 Å². The molecule has 0 aliphatic heterocycles. The summed E-state index contributed by atoms with van der Waals surface area (Å²) in [5.41, 5.74) is 2.04. The van der Waals surface area contributed by atoms with Gasteiger partial charge in [0, 0.05) is 17.7 Å². The lowest BCUT2D eigenvalue weighted by Crippen LogP contribution is -2.19. The van der Waals surface area contributed by atoms with Crippen LogP contribution >= 0.6 is 22.6 Å². The van der Waals surface area contributed by atoms with Crippen molar-refractivity contribution in [2.45, 2.75) is 6.10 Å². The Balaban J connectivity index is 1.86. The van der Waals surface area contributed by atoms with Crippen LogP contribution in [0.15, 0.2) is 66.7 Å². The summed E-state index contributed by atoms with van der Waals surface area (Å²) >= 11 is 2.06. The minimum absolute atomic E-state index is 0.269. The molecular formula is C31H31IO9. The Hall–Kier alpha value is -4.19. The Bertz CT molecular complexity index is 1400. The normalized spacial score (nSPS) is 11.7. The van der Waals surface area contributed by atoms with Crippen LogP contribution in [0.5, 0.6) is 28.7 Å². The summed E-state index contributed by atoms with van der Waals surface area (Å²) in [7, 11) is 7.54. The minimum Gasteiger partial charge on any atom is -0.493 e. The zero-order valence-electron chi connectivity index (χ0n) is 23.3. The van der Waals surface area contributed by atoms with Gasteiger partial charge in [0.15, 0.2) is 29.1 Å². The summed E-state index contributed by atoms with van der Waals surface area (Å²) < 4.78 is 38.9. The van der Waals surface area contributed by atoms with Crippen LogP contribution < -0.4 is 23.7 Å². The highest BCUT2D eigenvalue weighted by Crippen LogP contribution is 2.44. The Morgan fingerprint density at radius 2 is 1.34 bits per heavy atom. The Morgan fingerprint density at radius 1 is 0.707 bits per heavy atom. The molecule has 0 radical (unpaired) electrons. The molecule has 1 unspecified atom stereocenters. The van der Waals surface area contributed by atoms with Gasteiger partial charge in [0.2, 0.25) is 5.75 Å². The average Bonchev–Trinajstić information content (AvgIpc) is 3.00. The number of esters is 2. The molecule has 0 N–H and O–H groups in total. The number of halogens is 1. The molecule has 3 rings (SSSR count). The van der Waals surface area contributed by atoms with Gasteiger partial charge in [0.25, 0.3) is 0 Å². The average molecular weight is 674 g/mol. The van der Waals surface area contributed by atoms with Crippen LogP contribution in [-0.4, -0.2) is 54.1 Å². The van der Waals surface area contributed by atoms with E-state index in [1.807, 2.05) is 30.3 Å². The number of rotatable bonds is 13. The predicted octanol–water partition coefficient (Wildman–Crippen LogP) is 5.89. The molecular weight excluding hydrogens is 643 g/mol. The zero-order chi connectivity index (χ0) is 29.8. The fourth-order valence-electron chi connectivity index (χ4n) is 3.80. The fraction of sp³-hybridized carbons (Fsp3) is 0.226. The molecule has 0 bridgehead atoms. The van der Waals surface area contributed by atoms with Crippen LogP contribution in [0.25, 0.3) is 12.2 Å². The Morgan fingerprint density at radius 3 is 1.98 bits per heavy atom. The van der Waals surface area contributed by atoms with E-state index in [0.29, 0.717) is 43.4 Å². The SMILES string of the molecule is COc1ccc(/C=C/C(=O)OCC(OC(=O)/C=C/c2ccccc2)c2cc(OC)c(OC)c(OC)c2I)cc1OC. The van der Waals surface area contributed by atoms with Gasteiger partial charge in [-0.1, -0.05) is 36.4 Å². The molecule has 41 heavy (non-hydrogen) atoms. The number of carbonyl (C=O) groups excluding carboxylic acids is 2. The molecule has 10 heteroatoms. The molecule has 1 atom stereocenters. The van der Waals surface area contributed by atoms with E-state index in [9.17, 15) is 9.59 Å². The van der Waals surface area contributed by atoms with E-state index in [1.165, 1.54) is 40.6 Å². The second-order valence-electron chi connectivity index (χ2n) is 8.30. The van der Waals surface area contributed by atoms with Crippen molar-refractivity contribution in [2.24, 2.45) is 0 Å². The maximum absolute atomic E-state index is 12.8. The van der Waals surface area contributed by atoms with Crippen molar-refractivity contribution in [2.75, 3.05) is 42.2 Å². The highest BCUT2D eigenvalue weighted by molar-refractivity contribution is 14.1. The van der Waals surface area contributed by atoms with Crippen molar-refractivity contribution in [3.8, 4) is 28.7 Å². The lowest BCUT2D eigenvalue weighted by atomic mass is 10.1. The number of methoxy groups -OCH3 is 5. The summed E-state index contributed by atoms with van der Waals surface area (Å²) in [4.78, 5) is 25.5. The maximum Gasteiger partial charge on any atom is 0.331 e. The lowest BCUT2D eigenvalue weighted by Gasteiger charge is -2.22. The summed E-state index contributed by atoms with van der Waals surface area (Å²) in [6, 6.07) is 16.2. The minimum atomic E-state index is -0.984. The summed E-state index contributed by atoms with van der Waals surface area (Å²) in [6.45, 7) is -0.269. The molecule has 0 fully saturated rings. The van der Waals surface area contributed by atoms with Gasteiger partial charge in [-0.15, -0.1) is 0 Å². The van der Waals surface area contributed by atoms with Gasteiger partial charge in [-0.3, -0.25) is 0 Å². The van der Waals surface area contributed by atoms with Crippen LogP contribution in [0.4, 0.5) is 0 Å². The van der Waals surface area contributed by atoms with E-state index in [-0.39, 0.29) is 6.61 Å². The van der Waals surface area contributed by atoms with E-state index in [2.05, 4.69) is 22.6 Å². The summed E-state index contributed by atoms with van der Waals surface area (Å²) in [5, 5.41) is 0. The van der Waals surface area contributed by atoms with Crippen molar-refractivity contribution in [3.63, 3.8) is 0 Å². The molecule has 3 aromatic rings. The van der Waals surface area contributed by atoms with E-state index < -0.39 is 18.0 Å². The van der Waals surface area contributed by atoms with Crippen LogP contribution in [-0.2, 0) is 19.1 Å². The number of carbonyl (C=O) groups is 2. The maximum atomic E-state index is 12.8.